The summed E-state index contributed by atoms with van der Waals surface area (Å²) in [5.41, 5.74) is -2.35. The van der Waals surface area contributed by atoms with Crippen LogP contribution in [0.3, 0.4) is 0 Å². The van der Waals surface area contributed by atoms with Crippen LogP contribution in [0, 0.1) is 5.92 Å². The molecule has 0 aliphatic carbocycles. The molecular weight excluding hydrogens is 740 g/mol. The highest BCUT2D eigenvalue weighted by Crippen LogP contribution is 2.25. The standard InChI is InChI=1S/C36H50N6O12S/c1-34(2,3)51-30(47)27(54-39-28(29(45)46)25-20-55-31(37-25)38-32(48)52-35(4,5)6)19-50-24-10-11-26-22(12-24)16-41(42(26)17-23(44)18-43)15-21-13-40(14-21)33(49)53-36(7,8)9/h10-12,16,20-21,23,27,43-44H,13-15,17-19H2,1-9H3,(H-,37,38,45,46,48)/p+1. The largest absolute Gasteiger partial charge is 0.489 e. The van der Waals surface area contributed by atoms with Gasteiger partial charge in [0.15, 0.2) is 5.13 Å². The summed E-state index contributed by atoms with van der Waals surface area (Å²) < 4.78 is 25.9. The van der Waals surface area contributed by atoms with Crippen molar-refractivity contribution in [3.63, 3.8) is 0 Å². The number of aromatic nitrogens is 3. The van der Waals surface area contributed by atoms with Gasteiger partial charge in [0.2, 0.25) is 17.8 Å². The fourth-order valence-electron chi connectivity index (χ4n) is 5.19. The fourth-order valence-corrected chi connectivity index (χ4v) is 5.87. The van der Waals surface area contributed by atoms with Crippen LogP contribution in [0.25, 0.3) is 10.9 Å². The Kier molecular flexibility index (Phi) is 13.4. The fraction of sp³-hybridized carbons (Fsp3) is 0.583. The van der Waals surface area contributed by atoms with Gasteiger partial charge < -0.3 is 44.0 Å². The van der Waals surface area contributed by atoms with E-state index in [2.05, 4.69) is 15.5 Å². The van der Waals surface area contributed by atoms with Crippen LogP contribution in [0.5, 0.6) is 5.75 Å². The van der Waals surface area contributed by atoms with Gasteiger partial charge in [0.1, 0.15) is 41.0 Å². The number of nitrogens with zero attached hydrogens (tertiary/aromatic N) is 5. The molecule has 1 saturated heterocycles. The Labute approximate surface area is 322 Å². The lowest BCUT2D eigenvalue weighted by Crippen LogP contribution is -2.56. The number of amides is 2. The number of hydrogen-bond donors (Lipinski definition) is 4. The van der Waals surface area contributed by atoms with Gasteiger partial charge in [0, 0.05) is 30.5 Å². The van der Waals surface area contributed by atoms with Crippen LogP contribution in [-0.2, 0) is 41.7 Å². The highest BCUT2D eigenvalue weighted by Gasteiger charge is 2.36. The molecule has 18 nitrogen and oxygen atoms in total. The molecular formula is C36H51N6O12S+. The van der Waals surface area contributed by atoms with Crippen LogP contribution in [0.15, 0.2) is 34.9 Å². The number of carboxylic acids is 1. The van der Waals surface area contributed by atoms with Crippen LogP contribution in [0.4, 0.5) is 14.7 Å². The molecule has 1 aliphatic rings. The minimum absolute atomic E-state index is 0.0529. The van der Waals surface area contributed by atoms with E-state index in [0.29, 0.717) is 30.8 Å². The van der Waals surface area contributed by atoms with Gasteiger partial charge in [0.05, 0.1) is 24.7 Å². The second-order valence-electron chi connectivity index (χ2n) is 16.0. The summed E-state index contributed by atoms with van der Waals surface area (Å²) >= 11 is 0.934. The normalized spacial score (nSPS) is 15.2. The van der Waals surface area contributed by atoms with Crippen molar-refractivity contribution in [2.45, 2.75) is 104 Å². The molecule has 1 aliphatic heterocycles. The molecule has 1 aromatic carbocycles. The molecule has 0 saturated carbocycles. The summed E-state index contributed by atoms with van der Waals surface area (Å²) in [5, 5.41) is 38.1. The van der Waals surface area contributed by atoms with Gasteiger partial charge >= 0.3 is 24.1 Å². The summed E-state index contributed by atoms with van der Waals surface area (Å²) in [5.74, 6) is -1.93. The van der Waals surface area contributed by atoms with Crippen molar-refractivity contribution in [3.05, 3.63) is 35.5 Å². The van der Waals surface area contributed by atoms with E-state index in [1.807, 2.05) is 36.3 Å². The number of esters is 1. The minimum Gasteiger partial charge on any atom is -0.489 e. The molecule has 3 heterocycles. The van der Waals surface area contributed by atoms with E-state index in [1.54, 1.807) is 64.6 Å². The number of nitrogens with one attached hydrogen (secondary N) is 1. The molecule has 0 spiro atoms. The monoisotopic (exact) mass is 791 g/mol. The van der Waals surface area contributed by atoms with Crippen LogP contribution >= 0.6 is 11.3 Å². The molecule has 302 valence electrons. The Balaban J connectivity index is 1.52. The SMILES string of the molecule is CC(C)(C)OC(=O)Nc1nc(C(=NOC(COc2ccc3c(c2)cn(CC2CN(C(=O)OC(C)(C)C)C2)[n+]3CC(O)CO)C(=O)OC(C)(C)C)C(=O)O)cs1. The first-order chi connectivity index (χ1) is 25.5. The number of hydrogen-bond acceptors (Lipinski definition) is 14. The lowest BCUT2D eigenvalue weighted by Gasteiger charge is -2.39. The third-order valence-corrected chi connectivity index (χ3v) is 8.18. The van der Waals surface area contributed by atoms with Gasteiger partial charge in [-0.1, -0.05) is 5.16 Å². The number of carboxylic acid groups (broad SMARTS) is 1. The van der Waals surface area contributed by atoms with E-state index in [1.165, 1.54) is 5.38 Å². The molecule has 2 unspecified atom stereocenters. The molecule has 2 aromatic heterocycles. The Bertz CT molecular complexity index is 1880. The smallest absolute Gasteiger partial charge is 0.413 e. The highest BCUT2D eigenvalue weighted by atomic mass is 32.1. The van der Waals surface area contributed by atoms with Crippen molar-refractivity contribution < 1.29 is 63.0 Å². The number of likely N-dealkylation sites (tertiary alicyclic amines) is 1. The Morgan fingerprint density at radius 2 is 1.67 bits per heavy atom. The van der Waals surface area contributed by atoms with Crippen LogP contribution in [0.1, 0.15) is 68.0 Å². The first-order valence-corrected chi connectivity index (χ1v) is 18.5. The first kappa shape index (κ1) is 42.7. The Morgan fingerprint density at radius 3 is 2.27 bits per heavy atom. The van der Waals surface area contributed by atoms with Gasteiger partial charge in [-0.3, -0.25) is 5.32 Å². The van der Waals surface area contributed by atoms with Crippen molar-refractivity contribution in [2.75, 3.05) is 31.6 Å². The number of ether oxygens (including phenoxy) is 4. The number of anilines is 1. The molecule has 19 heteroatoms. The number of thiazole rings is 1. The number of aliphatic hydroxyl groups excluding tert-OH is 2. The Morgan fingerprint density at radius 1 is 1.02 bits per heavy atom. The van der Waals surface area contributed by atoms with E-state index in [4.69, 9.17) is 23.8 Å². The number of fused-ring (bicyclic) bond motifs is 1. The highest BCUT2D eigenvalue weighted by molar-refractivity contribution is 7.14. The lowest BCUT2D eigenvalue weighted by atomic mass is 10.0. The van der Waals surface area contributed by atoms with Gasteiger partial charge in [-0.2, -0.15) is 4.68 Å². The van der Waals surface area contributed by atoms with E-state index >= 15 is 0 Å². The zero-order chi connectivity index (χ0) is 40.9. The van der Waals surface area contributed by atoms with Gasteiger partial charge in [0.25, 0.3) is 6.10 Å². The third kappa shape index (κ3) is 12.8. The summed E-state index contributed by atoms with van der Waals surface area (Å²) in [6.45, 7) is 16.2. The number of rotatable bonds is 14. The van der Waals surface area contributed by atoms with Gasteiger partial charge in [-0.15, -0.1) is 16.0 Å². The van der Waals surface area contributed by atoms with Crippen molar-refractivity contribution in [1.29, 1.82) is 0 Å². The molecule has 2 atom stereocenters. The molecule has 0 bridgehead atoms. The zero-order valence-electron chi connectivity index (χ0n) is 32.5. The minimum atomic E-state index is -1.51. The number of aliphatic hydroxyl groups is 2. The number of carbonyl (C=O) groups is 4. The zero-order valence-corrected chi connectivity index (χ0v) is 33.3. The van der Waals surface area contributed by atoms with Crippen LogP contribution in [0.2, 0.25) is 0 Å². The topological polar surface area (TPSA) is 224 Å². The van der Waals surface area contributed by atoms with Crippen molar-refractivity contribution in [1.82, 2.24) is 14.6 Å². The molecule has 4 N–H and O–H groups in total. The number of aliphatic carboxylic acids is 1. The van der Waals surface area contributed by atoms with Crippen LogP contribution < -0.4 is 14.7 Å². The van der Waals surface area contributed by atoms with E-state index in [-0.39, 0.29) is 29.4 Å². The molecule has 4 rings (SSSR count). The van der Waals surface area contributed by atoms with Crippen LogP contribution in [-0.4, -0.2) is 115 Å². The number of oxime groups is 1. The lowest BCUT2D eigenvalue weighted by molar-refractivity contribution is -0.759. The van der Waals surface area contributed by atoms with Crippen molar-refractivity contribution in [2.24, 2.45) is 11.1 Å². The maximum atomic E-state index is 13.2. The number of carbonyl (C=O) groups excluding carboxylic acids is 3. The van der Waals surface area contributed by atoms with E-state index in [9.17, 15) is 34.5 Å². The maximum Gasteiger partial charge on any atom is 0.413 e. The summed E-state index contributed by atoms with van der Waals surface area (Å²) in [7, 11) is 0. The predicted octanol–water partition coefficient (Wildman–Crippen LogP) is 3.55. The molecule has 0 radical (unpaired) electrons. The van der Waals surface area contributed by atoms with Crippen molar-refractivity contribution >= 4 is 57.2 Å². The van der Waals surface area contributed by atoms with Gasteiger partial charge in [-0.25, -0.2) is 24.2 Å². The molecule has 1 fully saturated rings. The maximum absolute atomic E-state index is 13.2. The molecule has 3 aromatic rings. The summed E-state index contributed by atoms with van der Waals surface area (Å²) in [6, 6.07) is 5.12. The number of benzene rings is 1. The summed E-state index contributed by atoms with van der Waals surface area (Å²) in [6.07, 6.45) is -1.85. The second-order valence-corrected chi connectivity index (χ2v) is 16.8. The average molecular weight is 792 g/mol. The van der Waals surface area contributed by atoms with E-state index in [0.717, 1.165) is 16.9 Å². The molecule has 2 amide bonds. The quantitative estimate of drug-likeness (QED) is 0.0604. The predicted molar refractivity (Wildman–Crippen MR) is 199 cm³/mol. The summed E-state index contributed by atoms with van der Waals surface area (Å²) in [4.78, 5) is 61.2. The van der Waals surface area contributed by atoms with Gasteiger partial charge in [-0.05, 0) is 74.4 Å². The second kappa shape index (κ2) is 17.2. The molecule has 55 heavy (non-hydrogen) atoms. The van der Waals surface area contributed by atoms with Crippen molar-refractivity contribution in [3.8, 4) is 5.75 Å². The average Bonchev–Trinajstić information content (AvgIpc) is 3.60. The first-order valence-electron chi connectivity index (χ1n) is 17.6. The van der Waals surface area contributed by atoms with E-state index < -0.39 is 66.0 Å². The third-order valence-electron chi connectivity index (χ3n) is 7.42. The Hall–Kier alpha value is -5.01.